The summed E-state index contributed by atoms with van der Waals surface area (Å²) in [5, 5.41) is 0. The van der Waals surface area contributed by atoms with E-state index >= 15 is 0 Å². The highest BCUT2D eigenvalue weighted by Gasteiger charge is 2.50. The number of allylic oxidation sites excluding steroid dienone is 8. The fourth-order valence-corrected chi connectivity index (χ4v) is 11.6. The third kappa shape index (κ3) is 9.03. The summed E-state index contributed by atoms with van der Waals surface area (Å²) in [7, 11) is 6.21. The molecule has 2 aliphatic heterocycles. The zero-order chi connectivity index (χ0) is 50.2. The number of rotatable bonds is 12. The first kappa shape index (κ1) is 48.7. The van der Waals surface area contributed by atoms with Crippen molar-refractivity contribution in [3.05, 3.63) is 116 Å². The lowest BCUT2D eigenvalue weighted by molar-refractivity contribution is -0.122. The summed E-state index contributed by atoms with van der Waals surface area (Å²) in [6.45, 7) is 16.7. The van der Waals surface area contributed by atoms with Crippen molar-refractivity contribution in [3.8, 4) is 34.5 Å². The molecule has 2 heterocycles. The second-order valence-electron chi connectivity index (χ2n) is 23.0. The number of benzene rings is 3. The number of carbonyl (C=O) groups is 4. The summed E-state index contributed by atoms with van der Waals surface area (Å²) in [4.78, 5) is 56.1. The topological polar surface area (TPSA) is 142 Å². The Morgan fingerprint density at radius 3 is 0.929 bits per heavy atom. The number of Topliss-reactive ketones (excluding diaryl/α,β-unsaturated/α-hetero) is 4. The molecule has 0 bridgehead atoms. The molecule has 0 fully saturated rings. The van der Waals surface area contributed by atoms with Gasteiger partial charge in [0.25, 0.3) is 0 Å². The zero-order valence-electron chi connectivity index (χ0n) is 42.7. The second-order valence-corrected chi connectivity index (χ2v) is 23.0. The van der Waals surface area contributed by atoms with Crippen LogP contribution in [-0.4, -0.2) is 51.6 Å². The van der Waals surface area contributed by atoms with Crippen LogP contribution in [0.5, 0.6) is 34.5 Å². The van der Waals surface area contributed by atoms with E-state index in [0.717, 1.165) is 11.1 Å². The summed E-state index contributed by atoms with van der Waals surface area (Å²) >= 11 is 0. The highest BCUT2D eigenvalue weighted by molar-refractivity contribution is 6.07. The first-order valence-corrected chi connectivity index (χ1v) is 24.3. The minimum Gasteiger partial charge on any atom is -0.493 e. The van der Waals surface area contributed by atoms with E-state index in [1.807, 2.05) is 48.5 Å². The summed E-state index contributed by atoms with van der Waals surface area (Å²) < 4.78 is 50.1. The molecule has 0 saturated heterocycles. The van der Waals surface area contributed by atoms with E-state index in [2.05, 4.69) is 55.4 Å². The van der Waals surface area contributed by atoms with Gasteiger partial charge in [-0.1, -0.05) is 79.7 Å². The van der Waals surface area contributed by atoms with Crippen molar-refractivity contribution < 1.29 is 57.1 Å². The van der Waals surface area contributed by atoms with Crippen LogP contribution in [0.3, 0.4) is 0 Å². The largest absolute Gasteiger partial charge is 0.493 e. The van der Waals surface area contributed by atoms with E-state index in [-0.39, 0.29) is 58.0 Å². The molecule has 12 nitrogen and oxygen atoms in total. The van der Waals surface area contributed by atoms with Gasteiger partial charge in [0.1, 0.15) is 36.3 Å². The molecule has 0 amide bonds. The lowest BCUT2D eigenvalue weighted by Crippen LogP contribution is -2.37. The van der Waals surface area contributed by atoms with Crippen molar-refractivity contribution in [1.29, 1.82) is 0 Å². The fourth-order valence-electron chi connectivity index (χ4n) is 11.6. The molecule has 0 saturated carbocycles. The SMILES string of the molecule is COc1cc(C2C3=C(CC(C)(C)CC3=O)OC3=C2C(=O)CC(C)(C)C3)cc(OC)c1OCc1ccccc1COc1c(OC)cc(C2C3=C(CC(C)(C)CC3=O)OC3=C2C(=O)CC(C)(C)C3)cc1OC. The number of methoxy groups -OCH3 is 4. The standard InChI is InChI=1S/C58H66O12/c1-55(2)21-35(59)49-43(25-55)69-44-26-56(3,4)22-36(60)50(44)47(49)33-17-39(63-9)53(40(18-33)64-10)67-29-31-15-13-14-16-32(31)30-68-54-41(65-11)19-34(20-42(54)66-12)48-51-37(61)23-57(5,6)27-45(51)70-46-28-58(7,8)24-38(62)52(46)48/h13-20,47-48H,21-30H2,1-12H3. The van der Waals surface area contributed by atoms with Crippen LogP contribution in [0, 0.1) is 21.7 Å². The third-order valence-corrected chi connectivity index (χ3v) is 14.7. The predicted octanol–water partition coefficient (Wildman–Crippen LogP) is 11.7. The maximum absolute atomic E-state index is 14.0. The minimum atomic E-state index is -0.645. The summed E-state index contributed by atoms with van der Waals surface area (Å²) in [6, 6.07) is 15.1. The Bertz CT molecular complexity index is 2520. The van der Waals surface area contributed by atoms with Crippen LogP contribution in [-0.2, 0) is 41.9 Å². The Hall–Kier alpha value is -6.30. The lowest BCUT2D eigenvalue weighted by atomic mass is 9.65. The van der Waals surface area contributed by atoms with Gasteiger partial charge in [-0.3, -0.25) is 19.2 Å². The van der Waals surface area contributed by atoms with Crippen LogP contribution in [0.2, 0.25) is 0 Å². The molecule has 0 atom stereocenters. The Morgan fingerprint density at radius 1 is 0.429 bits per heavy atom. The molecule has 3 aromatic rings. The van der Waals surface area contributed by atoms with Crippen molar-refractivity contribution in [2.75, 3.05) is 28.4 Å². The molecule has 0 radical (unpaired) electrons. The number of ketones is 4. The van der Waals surface area contributed by atoms with Crippen LogP contribution >= 0.6 is 0 Å². The van der Waals surface area contributed by atoms with Gasteiger partial charge < -0.3 is 37.9 Å². The van der Waals surface area contributed by atoms with Gasteiger partial charge in [-0.05, 0) is 68.2 Å². The van der Waals surface area contributed by atoms with Crippen LogP contribution in [0.1, 0.15) is 141 Å². The predicted molar refractivity (Wildman–Crippen MR) is 262 cm³/mol. The summed E-state index contributed by atoms with van der Waals surface area (Å²) in [5.74, 6) is 3.35. The number of hydrogen-bond donors (Lipinski definition) is 0. The summed E-state index contributed by atoms with van der Waals surface area (Å²) in [6.07, 6.45) is 3.68. The van der Waals surface area contributed by atoms with Gasteiger partial charge in [0.15, 0.2) is 46.1 Å². The fraction of sp³-hybridized carbons (Fsp3) is 0.483. The quantitative estimate of drug-likeness (QED) is 0.170. The van der Waals surface area contributed by atoms with E-state index in [1.165, 1.54) is 0 Å². The van der Waals surface area contributed by atoms with Crippen molar-refractivity contribution >= 4 is 23.1 Å². The van der Waals surface area contributed by atoms with Crippen LogP contribution in [0.25, 0.3) is 0 Å². The van der Waals surface area contributed by atoms with Gasteiger partial charge in [-0.25, -0.2) is 0 Å². The van der Waals surface area contributed by atoms with Gasteiger partial charge in [-0.15, -0.1) is 0 Å². The van der Waals surface area contributed by atoms with Crippen LogP contribution < -0.4 is 28.4 Å². The number of ether oxygens (including phenoxy) is 8. The molecule has 0 spiro atoms. The Balaban J connectivity index is 1.01. The van der Waals surface area contributed by atoms with E-state index < -0.39 is 11.8 Å². The highest BCUT2D eigenvalue weighted by Crippen LogP contribution is 2.57. The highest BCUT2D eigenvalue weighted by atomic mass is 16.5. The Kier molecular flexibility index (Phi) is 12.4. The molecule has 6 aliphatic rings. The monoisotopic (exact) mass is 954 g/mol. The van der Waals surface area contributed by atoms with Gasteiger partial charge in [0, 0.05) is 85.5 Å². The van der Waals surface area contributed by atoms with Gasteiger partial charge >= 0.3 is 0 Å². The van der Waals surface area contributed by atoms with Gasteiger partial charge in [0.05, 0.1) is 28.4 Å². The van der Waals surface area contributed by atoms with Gasteiger partial charge in [-0.2, -0.15) is 0 Å². The van der Waals surface area contributed by atoms with Gasteiger partial charge in [0.2, 0.25) is 11.5 Å². The Labute approximate surface area is 411 Å². The Morgan fingerprint density at radius 2 is 0.686 bits per heavy atom. The molecular weight excluding hydrogens is 889 g/mol. The summed E-state index contributed by atoms with van der Waals surface area (Å²) in [5.41, 5.74) is 3.95. The maximum Gasteiger partial charge on any atom is 0.203 e. The molecule has 70 heavy (non-hydrogen) atoms. The van der Waals surface area contributed by atoms with Crippen molar-refractivity contribution in [3.63, 3.8) is 0 Å². The normalized spacial score (nSPS) is 21.5. The average Bonchev–Trinajstić information content (AvgIpc) is 3.26. The van der Waals surface area contributed by atoms with E-state index in [9.17, 15) is 19.2 Å². The molecular formula is C58H66O12. The molecule has 0 N–H and O–H groups in total. The third-order valence-electron chi connectivity index (χ3n) is 14.7. The molecule has 9 rings (SSSR count). The zero-order valence-corrected chi connectivity index (χ0v) is 42.7. The first-order chi connectivity index (χ1) is 33.0. The number of hydrogen-bond acceptors (Lipinski definition) is 12. The molecule has 0 aromatic heterocycles. The van der Waals surface area contributed by atoms with E-state index in [0.29, 0.717) is 142 Å². The van der Waals surface area contributed by atoms with Crippen molar-refractivity contribution in [2.24, 2.45) is 21.7 Å². The minimum absolute atomic E-state index is 0.0317. The van der Waals surface area contributed by atoms with Crippen molar-refractivity contribution in [1.82, 2.24) is 0 Å². The molecule has 370 valence electrons. The maximum atomic E-state index is 14.0. The van der Waals surface area contributed by atoms with E-state index in [4.69, 9.17) is 37.9 Å². The lowest BCUT2D eigenvalue weighted by Gasteiger charge is -2.42. The molecule has 4 aliphatic carbocycles. The average molecular weight is 955 g/mol. The van der Waals surface area contributed by atoms with E-state index in [1.54, 1.807) is 28.4 Å². The first-order valence-electron chi connectivity index (χ1n) is 24.3. The van der Waals surface area contributed by atoms with Crippen LogP contribution in [0.15, 0.2) is 93.9 Å². The molecule has 0 unspecified atom stereocenters. The second kappa shape index (κ2) is 17.8. The molecule has 12 heteroatoms. The smallest absolute Gasteiger partial charge is 0.203 e. The van der Waals surface area contributed by atoms with Crippen LogP contribution in [0.4, 0.5) is 0 Å². The van der Waals surface area contributed by atoms with Crippen molar-refractivity contribution in [2.45, 2.75) is 132 Å². The number of carbonyl (C=O) groups excluding carboxylic acids is 4. The molecule has 3 aromatic carbocycles.